The molecule has 0 unspecified atom stereocenters. The number of nitrogens with one attached hydrogen (secondary N) is 1. The van der Waals surface area contributed by atoms with E-state index in [-0.39, 0.29) is 11.8 Å². The van der Waals surface area contributed by atoms with E-state index < -0.39 is 11.8 Å². The molecule has 0 atom stereocenters. The van der Waals surface area contributed by atoms with Crippen LogP contribution in [-0.2, 0) is 0 Å². The van der Waals surface area contributed by atoms with Gasteiger partial charge in [-0.2, -0.15) is 0 Å². The Kier molecular flexibility index (Phi) is 3.93. The minimum Gasteiger partial charge on any atom is -0.288 e. The lowest BCUT2D eigenvalue weighted by atomic mass is 9.82. The number of imide groups is 2. The summed E-state index contributed by atoms with van der Waals surface area (Å²) in [6.07, 6.45) is 2.76. The Labute approximate surface area is 199 Å². The van der Waals surface area contributed by atoms with Crippen molar-refractivity contribution in [1.82, 2.24) is 10.2 Å². The smallest absolute Gasteiger partial charge is 0.261 e. The number of rotatable bonds is 4. The van der Waals surface area contributed by atoms with Gasteiger partial charge in [-0.3, -0.25) is 29.4 Å². The summed E-state index contributed by atoms with van der Waals surface area (Å²) in [6.45, 7) is 2.51. The molecule has 6 nitrogen and oxygen atoms in total. The maximum absolute atomic E-state index is 13.4. The third-order valence-corrected chi connectivity index (χ3v) is 7.55. The fraction of sp³-hybridized carbons (Fsp3) is 0.172. The summed E-state index contributed by atoms with van der Waals surface area (Å²) in [5, 5.41) is 9.07. The maximum atomic E-state index is 13.4. The Balaban J connectivity index is 1.59. The van der Waals surface area contributed by atoms with Crippen LogP contribution in [0.15, 0.2) is 48.5 Å². The van der Waals surface area contributed by atoms with E-state index in [1.54, 1.807) is 12.1 Å². The van der Waals surface area contributed by atoms with E-state index in [1.165, 1.54) is 4.90 Å². The zero-order chi connectivity index (χ0) is 24.0. The van der Waals surface area contributed by atoms with Crippen LogP contribution in [0.25, 0.3) is 43.1 Å². The largest absolute Gasteiger partial charge is 0.288 e. The third kappa shape index (κ3) is 2.43. The van der Waals surface area contributed by atoms with Gasteiger partial charge in [-0.05, 0) is 63.0 Å². The lowest BCUT2D eigenvalue weighted by Crippen LogP contribution is -2.40. The van der Waals surface area contributed by atoms with Crippen molar-refractivity contribution in [2.75, 3.05) is 6.54 Å². The first-order valence-electron chi connectivity index (χ1n) is 11.9. The SMILES string of the molecule is CCCCCN1C(=O)c2ccc3c4ccc5c6c(ccc(c7ccc(c2c37)C1=O)c64)C(=O)NC5=O. The van der Waals surface area contributed by atoms with Gasteiger partial charge in [0.2, 0.25) is 0 Å². The highest BCUT2D eigenvalue weighted by atomic mass is 16.2. The van der Waals surface area contributed by atoms with E-state index in [0.29, 0.717) is 39.6 Å². The Hall–Kier alpha value is -4.32. The van der Waals surface area contributed by atoms with Gasteiger partial charge in [-0.25, -0.2) is 0 Å². The monoisotopic (exact) mass is 460 g/mol. The van der Waals surface area contributed by atoms with Gasteiger partial charge >= 0.3 is 0 Å². The molecule has 2 aliphatic rings. The van der Waals surface area contributed by atoms with Gasteiger partial charge in [0.05, 0.1) is 0 Å². The molecule has 0 aliphatic carbocycles. The van der Waals surface area contributed by atoms with Crippen molar-refractivity contribution in [3.05, 3.63) is 70.8 Å². The minimum atomic E-state index is -0.401. The molecule has 0 radical (unpaired) electrons. The highest BCUT2D eigenvalue weighted by molar-refractivity contribution is 6.41. The number of carbonyl (C=O) groups excluding carboxylic acids is 4. The second-order valence-corrected chi connectivity index (χ2v) is 9.40. The van der Waals surface area contributed by atoms with Gasteiger partial charge in [-0.1, -0.05) is 44.0 Å². The average molecular weight is 460 g/mol. The van der Waals surface area contributed by atoms with Gasteiger partial charge in [0, 0.05) is 39.6 Å². The van der Waals surface area contributed by atoms with Crippen LogP contribution >= 0.6 is 0 Å². The van der Waals surface area contributed by atoms with E-state index >= 15 is 0 Å². The predicted molar refractivity (Wildman–Crippen MR) is 134 cm³/mol. The minimum absolute atomic E-state index is 0.249. The van der Waals surface area contributed by atoms with Gasteiger partial charge < -0.3 is 0 Å². The summed E-state index contributed by atoms with van der Waals surface area (Å²) in [7, 11) is 0. The zero-order valence-corrected chi connectivity index (χ0v) is 19.0. The fourth-order valence-electron chi connectivity index (χ4n) is 5.97. The molecular formula is C29H20N2O4. The highest BCUT2D eigenvalue weighted by Crippen LogP contribution is 2.45. The molecule has 4 amide bonds. The summed E-state index contributed by atoms with van der Waals surface area (Å²) in [5.74, 6) is -1.30. The van der Waals surface area contributed by atoms with Crippen LogP contribution in [0.5, 0.6) is 0 Å². The molecule has 7 rings (SSSR count). The zero-order valence-electron chi connectivity index (χ0n) is 19.0. The number of hydrogen-bond donors (Lipinski definition) is 1. The fourth-order valence-corrected chi connectivity index (χ4v) is 5.97. The molecule has 0 fully saturated rings. The first kappa shape index (κ1) is 20.1. The molecule has 1 N–H and O–H groups in total. The Morgan fingerprint density at radius 3 is 1.46 bits per heavy atom. The lowest BCUT2D eigenvalue weighted by Gasteiger charge is -2.29. The molecule has 0 saturated heterocycles. The summed E-state index contributed by atoms with van der Waals surface area (Å²) in [4.78, 5) is 53.3. The summed E-state index contributed by atoms with van der Waals surface area (Å²) in [5.41, 5.74) is 2.03. The lowest BCUT2D eigenvalue weighted by molar-refractivity contribution is 0.0607. The number of nitrogens with zero attached hydrogens (tertiary/aromatic N) is 1. The number of benzene rings is 5. The molecule has 35 heavy (non-hydrogen) atoms. The number of amides is 4. The van der Waals surface area contributed by atoms with E-state index in [0.717, 1.165) is 51.6 Å². The molecule has 2 heterocycles. The summed E-state index contributed by atoms with van der Waals surface area (Å²) < 4.78 is 0. The standard InChI is InChI=1S/C29H20N2O4/c1-2-3-4-13-31-28(34)20-11-7-16-14-5-9-18-24-19(27(33)30-26(18)32)10-6-15(22(14)24)17-8-12-21(29(31)35)25(20)23(16)17/h5-12H,2-4,13H2,1H3,(H,30,32,33). The van der Waals surface area contributed by atoms with Crippen molar-refractivity contribution < 1.29 is 19.2 Å². The van der Waals surface area contributed by atoms with E-state index in [4.69, 9.17) is 0 Å². The van der Waals surface area contributed by atoms with Crippen molar-refractivity contribution in [2.24, 2.45) is 0 Å². The quantitative estimate of drug-likeness (QED) is 0.168. The van der Waals surface area contributed by atoms with E-state index in [9.17, 15) is 19.2 Å². The molecule has 5 aromatic rings. The van der Waals surface area contributed by atoms with Gasteiger partial charge in [0.15, 0.2) is 0 Å². The highest BCUT2D eigenvalue weighted by Gasteiger charge is 2.34. The van der Waals surface area contributed by atoms with Crippen LogP contribution in [0.4, 0.5) is 0 Å². The molecule has 5 aromatic carbocycles. The van der Waals surface area contributed by atoms with E-state index in [1.807, 2.05) is 36.4 Å². The Morgan fingerprint density at radius 2 is 1.00 bits per heavy atom. The van der Waals surface area contributed by atoms with Crippen molar-refractivity contribution >= 4 is 66.7 Å². The van der Waals surface area contributed by atoms with Crippen LogP contribution < -0.4 is 5.32 Å². The summed E-state index contributed by atoms with van der Waals surface area (Å²) >= 11 is 0. The first-order chi connectivity index (χ1) is 17.0. The second-order valence-electron chi connectivity index (χ2n) is 9.40. The van der Waals surface area contributed by atoms with Crippen molar-refractivity contribution in [3.63, 3.8) is 0 Å². The first-order valence-corrected chi connectivity index (χ1v) is 11.9. The van der Waals surface area contributed by atoms with Gasteiger partial charge in [0.25, 0.3) is 23.6 Å². The number of hydrogen-bond acceptors (Lipinski definition) is 4. The van der Waals surface area contributed by atoms with Crippen molar-refractivity contribution in [2.45, 2.75) is 26.2 Å². The molecule has 0 aromatic heterocycles. The predicted octanol–water partition coefficient (Wildman–Crippen LogP) is 5.41. The Morgan fingerprint density at radius 1 is 0.571 bits per heavy atom. The van der Waals surface area contributed by atoms with Crippen LogP contribution in [-0.4, -0.2) is 35.1 Å². The topological polar surface area (TPSA) is 83.6 Å². The number of fused-ring (bicyclic) bond motifs is 2. The molecule has 6 heteroatoms. The number of unbranched alkanes of at least 4 members (excludes halogenated alkanes) is 2. The molecule has 2 aliphatic heterocycles. The maximum Gasteiger partial charge on any atom is 0.261 e. The van der Waals surface area contributed by atoms with Gasteiger partial charge in [-0.15, -0.1) is 0 Å². The molecule has 0 saturated carbocycles. The molecular weight excluding hydrogens is 440 g/mol. The third-order valence-electron chi connectivity index (χ3n) is 7.55. The van der Waals surface area contributed by atoms with Crippen LogP contribution in [0.3, 0.4) is 0 Å². The normalized spacial score (nSPS) is 15.3. The average Bonchev–Trinajstić information content (AvgIpc) is 2.87. The van der Waals surface area contributed by atoms with E-state index in [2.05, 4.69) is 12.2 Å². The summed E-state index contributed by atoms with van der Waals surface area (Å²) in [6, 6.07) is 14.8. The van der Waals surface area contributed by atoms with Crippen molar-refractivity contribution in [1.29, 1.82) is 0 Å². The van der Waals surface area contributed by atoms with Gasteiger partial charge in [0.1, 0.15) is 0 Å². The Bertz CT molecular complexity index is 1700. The van der Waals surface area contributed by atoms with Crippen molar-refractivity contribution in [3.8, 4) is 0 Å². The molecule has 0 bridgehead atoms. The number of carbonyl (C=O) groups is 4. The molecule has 170 valence electrons. The van der Waals surface area contributed by atoms with Crippen LogP contribution in [0.1, 0.15) is 67.6 Å². The van der Waals surface area contributed by atoms with Crippen LogP contribution in [0, 0.1) is 0 Å². The van der Waals surface area contributed by atoms with Crippen LogP contribution in [0.2, 0.25) is 0 Å². The second kappa shape index (κ2) is 6.85. The molecule has 0 spiro atoms.